The number of furan rings is 1. The Balaban J connectivity index is 1.57. The number of fused-ring (bicyclic) bond motifs is 1. The molecule has 0 unspecified atom stereocenters. The van der Waals surface area contributed by atoms with Crippen LogP contribution >= 0.6 is 0 Å². The summed E-state index contributed by atoms with van der Waals surface area (Å²) >= 11 is 0. The fourth-order valence-corrected chi connectivity index (χ4v) is 4.77. The number of methoxy groups -OCH3 is 3. The van der Waals surface area contributed by atoms with Crippen LogP contribution in [0.4, 0.5) is 0 Å². The Labute approximate surface area is 212 Å². The first-order valence-electron chi connectivity index (χ1n) is 11.6. The average Bonchev–Trinajstić information content (AvgIpc) is 3.66. The summed E-state index contributed by atoms with van der Waals surface area (Å²) in [6.07, 6.45) is 3.71. The molecule has 2 N–H and O–H groups in total. The van der Waals surface area contributed by atoms with Crippen molar-refractivity contribution in [2.24, 2.45) is 0 Å². The Kier molecular flexibility index (Phi) is 6.35. The normalized spacial score (nSPS) is 15.5. The molecule has 9 nitrogen and oxygen atoms in total. The molecular weight excluding hydrogens is 476 g/mol. The van der Waals surface area contributed by atoms with E-state index in [0.29, 0.717) is 23.5 Å². The summed E-state index contributed by atoms with van der Waals surface area (Å²) in [6.45, 7) is 0.215. The molecule has 190 valence electrons. The van der Waals surface area contributed by atoms with Crippen molar-refractivity contribution < 1.29 is 33.3 Å². The van der Waals surface area contributed by atoms with Crippen LogP contribution < -0.4 is 14.2 Å². The maximum absolute atomic E-state index is 13.4. The molecule has 0 spiro atoms. The van der Waals surface area contributed by atoms with Gasteiger partial charge >= 0.3 is 0 Å². The highest BCUT2D eigenvalue weighted by atomic mass is 16.5. The SMILES string of the molecule is COc1ccc(OC)c([C@H]2C(C(=O)c3ccco3)=C(O)C(=O)N2CCc2c[nH]c3ccc(OC)cc23)c1. The number of nitrogens with zero attached hydrogens (tertiary/aromatic N) is 1. The number of aliphatic hydroxyl groups excluding tert-OH is 1. The second-order valence-electron chi connectivity index (χ2n) is 8.55. The number of aromatic amines is 1. The average molecular weight is 503 g/mol. The summed E-state index contributed by atoms with van der Waals surface area (Å²) in [4.78, 5) is 31.5. The highest BCUT2D eigenvalue weighted by Crippen LogP contribution is 2.43. The van der Waals surface area contributed by atoms with Gasteiger partial charge in [-0.1, -0.05) is 0 Å². The number of amides is 1. The van der Waals surface area contributed by atoms with Gasteiger partial charge in [-0.2, -0.15) is 0 Å². The minimum atomic E-state index is -0.921. The van der Waals surface area contributed by atoms with Gasteiger partial charge < -0.3 is 33.6 Å². The number of rotatable bonds is 9. The Morgan fingerprint density at radius 3 is 2.51 bits per heavy atom. The van der Waals surface area contributed by atoms with Crippen molar-refractivity contribution in [1.82, 2.24) is 9.88 Å². The van der Waals surface area contributed by atoms with Crippen LogP contribution in [-0.2, 0) is 11.2 Å². The third-order valence-corrected chi connectivity index (χ3v) is 6.62. The van der Waals surface area contributed by atoms with E-state index in [1.54, 1.807) is 31.4 Å². The molecule has 0 bridgehead atoms. The smallest absolute Gasteiger partial charge is 0.290 e. The monoisotopic (exact) mass is 502 g/mol. The number of nitrogens with one attached hydrogen (secondary N) is 1. The molecule has 0 saturated heterocycles. The molecule has 0 radical (unpaired) electrons. The fourth-order valence-electron chi connectivity index (χ4n) is 4.77. The van der Waals surface area contributed by atoms with Crippen LogP contribution in [0.5, 0.6) is 17.2 Å². The summed E-state index contributed by atoms with van der Waals surface area (Å²) in [7, 11) is 4.63. The second kappa shape index (κ2) is 9.77. The highest BCUT2D eigenvalue weighted by molar-refractivity contribution is 6.15. The molecule has 1 amide bonds. The summed E-state index contributed by atoms with van der Waals surface area (Å²) in [5, 5.41) is 11.9. The van der Waals surface area contributed by atoms with E-state index in [1.165, 1.54) is 31.4 Å². The third kappa shape index (κ3) is 4.18. The van der Waals surface area contributed by atoms with Gasteiger partial charge in [0.2, 0.25) is 5.78 Å². The quantitative estimate of drug-likeness (QED) is 0.321. The van der Waals surface area contributed by atoms with Crippen molar-refractivity contribution >= 4 is 22.6 Å². The van der Waals surface area contributed by atoms with Gasteiger partial charge in [0.1, 0.15) is 17.2 Å². The van der Waals surface area contributed by atoms with E-state index in [0.717, 1.165) is 22.2 Å². The summed E-state index contributed by atoms with van der Waals surface area (Å²) in [5.41, 5.74) is 2.33. The number of ether oxygens (including phenoxy) is 3. The number of aromatic nitrogens is 1. The van der Waals surface area contributed by atoms with Crippen molar-refractivity contribution in [2.45, 2.75) is 12.5 Å². The van der Waals surface area contributed by atoms with Gasteiger partial charge in [-0.15, -0.1) is 0 Å². The van der Waals surface area contributed by atoms with Crippen molar-refractivity contribution in [1.29, 1.82) is 0 Å². The van der Waals surface area contributed by atoms with Gasteiger partial charge in [-0.05, 0) is 60.5 Å². The van der Waals surface area contributed by atoms with Gasteiger partial charge in [0, 0.05) is 29.2 Å². The Morgan fingerprint density at radius 2 is 1.81 bits per heavy atom. The van der Waals surface area contributed by atoms with Crippen LogP contribution in [0.1, 0.15) is 27.7 Å². The number of hydrogen-bond donors (Lipinski definition) is 2. The number of hydrogen-bond acceptors (Lipinski definition) is 7. The van der Waals surface area contributed by atoms with Crippen LogP contribution in [0, 0.1) is 0 Å². The molecule has 2 aromatic heterocycles. The van der Waals surface area contributed by atoms with Crippen molar-refractivity contribution in [3.63, 3.8) is 0 Å². The van der Waals surface area contributed by atoms with Gasteiger partial charge in [-0.25, -0.2) is 0 Å². The zero-order chi connectivity index (χ0) is 26.1. The first kappa shape index (κ1) is 24.1. The lowest BCUT2D eigenvalue weighted by molar-refractivity contribution is -0.129. The number of carbonyl (C=O) groups excluding carboxylic acids is 2. The minimum absolute atomic E-state index is 0.0202. The maximum Gasteiger partial charge on any atom is 0.290 e. The molecule has 2 aromatic carbocycles. The van der Waals surface area contributed by atoms with E-state index in [2.05, 4.69) is 4.98 Å². The largest absolute Gasteiger partial charge is 0.503 e. The lowest BCUT2D eigenvalue weighted by Gasteiger charge is -2.28. The lowest BCUT2D eigenvalue weighted by atomic mass is 9.94. The summed E-state index contributed by atoms with van der Waals surface area (Å²) in [6, 6.07) is 13.0. The van der Waals surface area contributed by atoms with Crippen LogP contribution in [0.25, 0.3) is 10.9 Å². The number of aliphatic hydroxyl groups is 1. The summed E-state index contributed by atoms with van der Waals surface area (Å²) < 4.78 is 21.6. The molecule has 3 heterocycles. The molecular formula is C28H26N2O7. The first-order valence-corrected chi connectivity index (χ1v) is 11.6. The standard InChI is InChI=1S/C28H26N2O7/c1-34-17-6-8-21-19(13-17)16(15-29-21)10-11-30-25(20-14-18(35-2)7-9-22(20)36-3)24(27(32)28(30)33)26(31)23-5-4-12-37-23/h4-9,12-15,25,29,32H,10-11H2,1-3H3/t25-/m0/s1. The minimum Gasteiger partial charge on any atom is -0.503 e. The van der Waals surface area contributed by atoms with Crippen molar-refractivity contribution in [3.05, 3.63) is 89.2 Å². The second-order valence-corrected chi connectivity index (χ2v) is 8.55. The molecule has 0 fully saturated rings. The Bertz CT molecular complexity index is 1500. The maximum atomic E-state index is 13.4. The van der Waals surface area contributed by atoms with E-state index < -0.39 is 23.5 Å². The first-order chi connectivity index (χ1) is 18.0. The van der Waals surface area contributed by atoms with Crippen LogP contribution in [0.2, 0.25) is 0 Å². The van der Waals surface area contributed by atoms with Gasteiger partial charge in [0.15, 0.2) is 11.5 Å². The number of H-pyrrole nitrogens is 1. The van der Waals surface area contributed by atoms with E-state index in [1.807, 2.05) is 24.4 Å². The number of benzene rings is 2. The van der Waals surface area contributed by atoms with Crippen molar-refractivity contribution in [3.8, 4) is 17.2 Å². The van der Waals surface area contributed by atoms with Gasteiger partial charge in [-0.3, -0.25) is 9.59 Å². The van der Waals surface area contributed by atoms with Gasteiger partial charge in [0.25, 0.3) is 5.91 Å². The molecule has 4 aromatic rings. The highest BCUT2D eigenvalue weighted by Gasteiger charge is 2.45. The molecule has 0 saturated carbocycles. The molecule has 1 aliphatic heterocycles. The summed E-state index contributed by atoms with van der Waals surface area (Å²) in [5.74, 6) is -0.144. The van der Waals surface area contributed by atoms with E-state index in [9.17, 15) is 14.7 Å². The zero-order valence-electron chi connectivity index (χ0n) is 20.6. The number of Topliss-reactive ketones (excluding diaryl/α,β-unsaturated/α-hetero) is 1. The van der Waals surface area contributed by atoms with Crippen LogP contribution in [0.15, 0.2) is 76.7 Å². The van der Waals surface area contributed by atoms with Crippen LogP contribution in [-0.4, -0.2) is 54.6 Å². The predicted octanol–water partition coefficient (Wildman–Crippen LogP) is 4.61. The third-order valence-electron chi connectivity index (χ3n) is 6.62. The van der Waals surface area contributed by atoms with E-state index in [4.69, 9.17) is 18.6 Å². The van der Waals surface area contributed by atoms with Crippen molar-refractivity contribution in [2.75, 3.05) is 27.9 Å². The topological polar surface area (TPSA) is 114 Å². The van der Waals surface area contributed by atoms with E-state index >= 15 is 0 Å². The Morgan fingerprint density at radius 1 is 1.05 bits per heavy atom. The number of carbonyl (C=O) groups is 2. The lowest BCUT2D eigenvalue weighted by Crippen LogP contribution is -2.33. The fraction of sp³-hybridized carbons (Fsp3) is 0.214. The molecule has 1 aliphatic rings. The Hall–Kier alpha value is -4.66. The molecule has 9 heteroatoms. The van der Waals surface area contributed by atoms with E-state index in [-0.39, 0.29) is 17.9 Å². The molecule has 37 heavy (non-hydrogen) atoms. The number of ketones is 1. The molecule has 1 atom stereocenters. The molecule has 5 rings (SSSR count). The van der Waals surface area contributed by atoms with Gasteiger partial charge in [0.05, 0.1) is 39.2 Å². The zero-order valence-corrected chi connectivity index (χ0v) is 20.6. The molecule has 0 aliphatic carbocycles. The predicted molar refractivity (Wildman–Crippen MR) is 135 cm³/mol. The van der Waals surface area contributed by atoms with Crippen LogP contribution in [0.3, 0.4) is 0 Å².